The van der Waals surface area contributed by atoms with Gasteiger partial charge in [0.05, 0.1) is 17.2 Å². The number of carbonyl (C=O) groups is 5. The van der Waals surface area contributed by atoms with E-state index in [0.29, 0.717) is 46.0 Å². The van der Waals surface area contributed by atoms with Gasteiger partial charge in [-0.2, -0.15) is 5.10 Å². The highest BCUT2D eigenvalue weighted by atomic mass is 16.5. The van der Waals surface area contributed by atoms with Gasteiger partial charge in [0.1, 0.15) is 34.6 Å². The molecule has 61 heavy (non-hydrogen) atoms. The number of rotatable bonds is 10. The lowest BCUT2D eigenvalue weighted by Crippen LogP contribution is -2.54. The monoisotopic (exact) mass is 825 g/mol. The fourth-order valence-electron chi connectivity index (χ4n) is 10.5. The van der Waals surface area contributed by atoms with Crippen molar-refractivity contribution < 1.29 is 28.7 Å². The summed E-state index contributed by atoms with van der Waals surface area (Å²) >= 11 is 0. The number of hydrogen-bond acceptors (Lipinski definition) is 11. The number of aromatic nitrogens is 2. The number of para-hydroxylation sites is 1. The molecule has 2 unspecified atom stereocenters. The van der Waals surface area contributed by atoms with Crippen molar-refractivity contribution >= 4 is 41.0 Å². The normalized spacial score (nSPS) is 23.0. The van der Waals surface area contributed by atoms with Crippen molar-refractivity contribution in [3.8, 4) is 22.8 Å². The van der Waals surface area contributed by atoms with Gasteiger partial charge >= 0.3 is 0 Å². The zero-order valence-corrected chi connectivity index (χ0v) is 34.1. The third kappa shape index (κ3) is 7.43. The van der Waals surface area contributed by atoms with E-state index in [-0.39, 0.29) is 24.8 Å². The second-order valence-corrected chi connectivity index (χ2v) is 17.5. The fourth-order valence-corrected chi connectivity index (χ4v) is 10.5. The van der Waals surface area contributed by atoms with E-state index in [1.165, 1.54) is 0 Å². The summed E-state index contributed by atoms with van der Waals surface area (Å²) in [5, 5.41) is 10.8. The Hall–Kier alpha value is -6.06. The summed E-state index contributed by atoms with van der Waals surface area (Å²) in [5.74, 6) is 0.756. The number of fused-ring (bicyclic) bond motifs is 2. The van der Waals surface area contributed by atoms with Gasteiger partial charge in [-0.3, -0.25) is 34.2 Å². The molecule has 4 N–H and O–H groups in total. The van der Waals surface area contributed by atoms with Crippen LogP contribution >= 0.6 is 0 Å². The summed E-state index contributed by atoms with van der Waals surface area (Å²) in [7, 11) is 0. The number of benzene rings is 3. The van der Waals surface area contributed by atoms with Crippen molar-refractivity contribution in [3.05, 3.63) is 89.5 Å². The largest absolute Gasteiger partial charge is 0.457 e. The average Bonchev–Trinajstić information content (AvgIpc) is 3.77. The number of anilines is 2. The molecule has 3 aromatic carbocycles. The molecule has 7 heterocycles. The van der Waals surface area contributed by atoms with Crippen molar-refractivity contribution in [1.82, 2.24) is 29.8 Å². The Morgan fingerprint density at radius 3 is 2.25 bits per heavy atom. The molecule has 0 bridgehead atoms. The van der Waals surface area contributed by atoms with E-state index in [0.717, 1.165) is 112 Å². The van der Waals surface area contributed by atoms with Gasteiger partial charge < -0.3 is 30.5 Å². The number of primary amides is 1. The summed E-state index contributed by atoms with van der Waals surface area (Å²) < 4.78 is 8.04. The lowest BCUT2D eigenvalue weighted by atomic mass is 9.85. The van der Waals surface area contributed by atoms with Crippen LogP contribution in [0.3, 0.4) is 0 Å². The van der Waals surface area contributed by atoms with Crippen LogP contribution in [0.25, 0.3) is 11.3 Å². The molecule has 0 aliphatic carbocycles. The van der Waals surface area contributed by atoms with Crippen LogP contribution in [-0.4, -0.2) is 118 Å². The number of piperidine rings is 3. The van der Waals surface area contributed by atoms with Crippen LogP contribution in [0, 0.1) is 11.8 Å². The Morgan fingerprint density at radius 2 is 1.52 bits per heavy atom. The SMILES string of the molecule is NC(=O)c1c(-c2ccc(Oc3ccccc3)cc2)nn2c1NCCC2C1CCN(C2CCN(CC3CN(c4ccc5c(c4)C(=O)N(C4CCC(=O)NC4=O)C5=O)C3)CC2)CC1. The number of nitrogens with one attached hydrogen (secondary N) is 2. The molecular formula is C46H51N9O6. The Bertz CT molecular complexity index is 2360. The number of nitrogens with zero attached hydrogens (tertiary/aromatic N) is 6. The first-order chi connectivity index (χ1) is 29.7. The lowest BCUT2D eigenvalue weighted by molar-refractivity contribution is -0.136. The molecule has 6 aliphatic rings. The summed E-state index contributed by atoms with van der Waals surface area (Å²) in [6, 6.07) is 22.5. The van der Waals surface area contributed by atoms with Crippen LogP contribution in [0.5, 0.6) is 11.5 Å². The summed E-state index contributed by atoms with van der Waals surface area (Å²) in [5.41, 5.74) is 9.41. The fraction of sp³-hybridized carbons (Fsp3) is 0.435. The number of hydrogen-bond donors (Lipinski definition) is 3. The predicted octanol–water partition coefficient (Wildman–Crippen LogP) is 4.51. The number of ether oxygens (including phenoxy) is 1. The van der Waals surface area contributed by atoms with Crippen LogP contribution < -0.4 is 26.0 Å². The van der Waals surface area contributed by atoms with Crippen molar-refractivity contribution in [2.45, 2.75) is 63.1 Å². The molecule has 316 valence electrons. The van der Waals surface area contributed by atoms with E-state index in [1.54, 1.807) is 12.1 Å². The van der Waals surface area contributed by atoms with Crippen molar-refractivity contribution in [2.75, 3.05) is 62.6 Å². The molecule has 2 atom stereocenters. The Morgan fingerprint density at radius 1 is 0.803 bits per heavy atom. The second-order valence-electron chi connectivity index (χ2n) is 17.5. The van der Waals surface area contributed by atoms with Crippen molar-refractivity contribution in [3.63, 3.8) is 0 Å². The summed E-state index contributed by atoms with van der Waals surface area (Å²) in [4.78, 5) is 72.0. The van der Waals surface area contributed by atoms with Crippen LogP contribution in [0.1, 0.15) is 82.1 Å². The molecular weight excluding hydrogens is 775 g/mol. The van der Waals surface area contributed by atoms with E-state index >= 15 is 0 Å². The highest BCUT2D eigenvalue weighted by molar-refractivity contribution is 6.23. The first kappa shape index (κ1) is 39.1. The zero-order chi connectivity index (χ0) is 41.8. The Kier molecular flexibility index (Phi) is 10.3. The molecule has 0 radical (unpaired) electrons. The Labute approximate surface area is 354 Å². The Balaban J connectivity index is 0.702. The first-order valence-electron chi connectivity index (χ1n) is 21.7. The van der Waals surface area contributed by atoms with Gasteiger partial charge in [-0.05, 0) is 125 Å². The number of nitrogens with two attached hydrogens (primary N) is 1. The molecule has 0 saturated carbocycles. The highest BCUT2D eigenvalue weighted by Gasteiger charge is 2.45. The van der Waals surface area contributed by atoms with E-state index in [2.05, 4.69) is 30.0 Å². The van der Waals surface area contributed by atoms with E-state index in [9.17, 15) is 24.0 Å². The van der Waals surface area contributed by atoms with Crippen LogP contribution in [0.2, 0.25) is 0 Å². The topological polar surface area (TPSA) is 175 Å². The quantitative estimate of drug-likeness (QED) is 0.192. The lowest BCUT2D eigenvalue weighted by Gasteiger charge is -2.46. The van der Waals surface area contributed by atoms with E-state index in [1.807, 2.05) is 60.7 Å². The molecule has 0 spiro atoms. The third-order valence-corrected chi connectivity index (χ3v) is 13.8. The third-order valence-electron chi connectivity index (χ3n) is 13.8. The molecule has 10 rings (SSSR count). The van der Waals surface area contributed by atoms with Crippen molar-refractivity contribution in [1.29, 1.82) is 0 Å². The minimum Gasteiger partial charge on any atom is -0.457 e. The maximum atomic E-state index is 13.3. The summed E-state index contributed by atoms with van der Waals surface area (Å²) in [6.45, 7) is 7.87. The molecule has 4 fully saturated rings. The maximum Gasteiger partial charge on any atom is 0.262 e. The van der Waals surface area contributed by atoms with E-state index in [4.69, 9.17) is 15.6 Å². The first-order valence-corrected chi connectivity index (χ1v) is 21.7. The molecule has 4 aromatic rings. The molecule has 1 aromatic heterocycles. The molecule has 15 nitrogen and oxygen atoms in total. The van der Waals surface area contributed by atoms with Gasteiger partial charge in [-0.25, -0.2) is 4.68 Å². The highest BCUT2D eigenvalue weighted by Crippen LogP contribution is 2.41. The number of carbonyl (C=O) groups excluding carboxylic acids is 5. The van der Waals surface area contributed by atoms with Crippen molar-refractivity contribution in [2.24, 2.45) is 17.6 Å². The zero-order valence-electron chi connectivity index (χ0n) is 34.1. The van der Waals surface area contributed by atoms with Gasteiger partial charge in [-0.1, -0.05) is 18.2 Å². The number of likely N-dealkylation sites (tertiary alicyclic amines) is 2. The molecule has 15 heteroatoms. The average molecular weight is 826 g/mol. The molecule has 6 aliphatic heterocycles. The van der Waals surface area contributed by atoms with Gasteiger partial charge in [0.2, 0.25) is 11.8 Å². The molecule has 5 amide bonds. The predicted molar refractivity (Wildman–Crippen MR) is 227 cm³/mol. The van der Waals surface area contributed by atoms with Gasteiger partial charge in [0.25, 0.3) is 17.7 Å². The van der Waals surface area contributed by atoms with Gasteiger partial charge in [0, 0.05) is 55.8 Å². The van der Waals surface area contributed by atoms with Crippen LogP contribution in [0.15, 0.2) is 72.8 Å². The van der Waals surface area contributed by atoms with E-state index < -0.39 is 29.7 Å². The standard InChI is InChI=1S/C46H51N9O6/c47-42(57)40-41(30-6-9-34(10-7-30)61-33-4-2-1-3-5-33)50-55-37(14-19-48-43(40)55)29-15-22-52(23-16-29)31-17-20-51(21-18-31)25-28-26-53(27-28)32-8-11-35-36(24-32)46(60)54(45(35)59)38-12-13-39(56)49-44(38)58/h1-11,24,28-29,31,37-38,48H,12-23,25-27H2,(H2,47,57)(H,49,56,58). The minimum atomic E-state index is -0.963. The van der Waals surface area contributed by atoms with Crippen LogP contribution in [0.4, 0.5) is 11.5 Å². The second kappa shape index (κ2) is 16.1. The number of imide groups is 2. The molecule has 4 saturated heterocycles. The van der Waals surface area contributed by atoms with Crippen LogP contribution in [-0.2, 0) is 9.59 Å². The van der Waals surface area contributed by atoms with Gasteiger partial charge in [-0.15, -0.1) is 0 Å². The smallest absolute Gasteiger partial charge is 0.262 e. The maximum absolute atomic E-state index is 13.3. The van der Waals surface area contributed by atoms with Gasteiger partial charge in [0.15, 0.2) is 0 Å². The minimum absolute atomic E-state index is 0.0990. The number of amides is 5. The summed E-state index contributed by atoms with van der Waals surface area (Å²) in [6.07, 6.45) is 5.68.